The number of nitrogens with two attached hydrogens (primary N) is 1. The van der Waals surface area contributed by atoms with E-state index in [2.05, 4.69) is 25.9 Å². The maximum atomic E-state index is 8.78. The fourth-order valence-corrected chi connectivity index (χ4v) is 4.51. The van der Waals surface area contributed by atoms with Gasteiger partial charge < -0.3 is 10.9 Å². The summed E-state index contributed by atoms with van der Waals surface area (Å²) in [5, 5.41) is 11.9. The molecule has 16 heavy (non-hydrogen) atoms. The van der Waals surface area contributed by atoms with Gasteiger partial charge in [-0.2, -0.15) is 0 Å². The molecule has 0 saturated heterocycles. The van der Waals surface area contributed by atoms with Crippen LogP contribution in [0.25, 0.3) is 0 Å². The molecule has 1 saturated carbocycles. The van der Waals surface area contributed by atoms with Gasteiger partial charge in [0.1, 0.15) is 0 Å². The van der Waals surface area contributed by atoms with Gasteiger partial charge in [-0.05, 0) is 41.7 Å². The van der Waals surface area contributed by atoms with Crippen LogP contribution in [-0.4, -0.2) is 11.0 Å². The average Bonchev–Trinajstić information content (AvgIpc) is 2.62. The van der Waals surface area contributed by atoms with Crippen LogP contribution in [0, 0.1) is 18.3 Å². The maximum absolute atomic E-state index is 8.78. The summed E-state index contributed by atoms with van der Waals surface area (Å²) >= 11 is 1.66. The number of oxime groups is 1. The van der Waals surface area contributed by atoms with Crippen LogP contribution in [0.15, 0.2) is 5.16 Å². The van der Waals surface area contributed by atoms with Crippen molar-refractivity contribution in [2.75, 3.05) is 0 Å². The first-order chi connectivity index (χ1) is 7.48. The van der Waals surface area contributed by atoms with Gasteiger partial charge in [-0.3, -0.25) is 0 Å². The average molecular weight is 236 g/mol. The molecular formula is C12H16N2OS. The van der Waals surface area contributed by atoms with Gasteiger partial charge in [-0.1, -0.05) is 19.0 Å². The Morgan fingerprint density at radius 1 is 1.56 bits per heavy atom. The number of nitrogens with zero attached hydrogens (tertiary/aromatic N) is 1. The molecule has 1 aromatic rings. The van der Waals surface area contributed by atoms with Crippen molar-refractivity contribution in [2.45, 2.75) is 33.1 Å². The largest absolute Gasteiger partial charge is 0.409 e. The Morgan fingerprint density at radius 2 is 2.25 bits per heavy atom. The second kappa shape index (κ2) is 2.80. The van der Waals surface area contributed by atoms with Crippen LogP contribution in [0.2, 0.25) is 0 Å². The standard InChI is InChI=1S/C12H16N2OS/c1-5-8-6(10(16-5)11(13)14-15)4-7-9(8)12(7,2)3/h7,9,15H,4H2,1-3H3,(H2,13,14). The predicted molar refractivity (Wildman–Crippen MR) is 65.3 cm³/mol. The molecule has 1 aromatic heterocycles. The Hall–Kier alpha value is -1.03. The topological polar surface area (TPSA) is 58.6 Å². The van der Waals surface area contributed by atoms with Crippen molar-refractivity contribution in [1.29, 1.82) is 0 Å². The SMILES string of the molecule is Cc1sc(/C(N)=N/O)c2c1C1C(C2)C1(C)C. The van der Waals surface area contributed by atoms with E-state index in [1.165, 1.54) is 16.0 Å². The molecule has 3 rings (SSSR count). The van der Waals surface area contributed by atoms with Crippen LogP contribution in [-0.2, 0) is 6.42 Å². The fourth-order valence-electron chi connectivity index (χ4n) is 3.38. The monoisotopic (exact) mass is 236 g/mol. The van der Waals surface area contributed by atoms with Crippen molar-refractivity contribution in [3.8, 4) is 0 Å². The Labute approximate surface area is 99.0 Å². The zero-order valence-corrected chi connectivity index (χ0v) is 10.6. The molecule has 3 nitrogen and oxygen atoms in total. The first-order valence-electron chi connectivity index (χ1n) is 5.58. The third-order valence-electron chi connectivity index (χ3n) is 4.36. The van der Waals surface area contributed by atoms with Gasteiger partial charge in [0.15, 0.2) is 5.84 Å². The van der Waals surface area contributed by atoms with Crippen molar-refractivity contribution < 1.29 is 5.21 Å². The Kier molecular flexibility index (Phi) is 1.78. The van der Waals surface area contributed by atoms with E-state index in [1.807, 2.05) is 0 Å². The molecule has 1 heterocycles. The van der Waals surface area contributed by atoms with E-state index in [0.29, 0.717) is 11.3 Å². The summed E-state index contributed by atoms with van der Waals surface area (Å²) in [5.41, 5.74) is 9.01. The molecule has 86 valence electrons. The third kappa shape index (κ3) is 1.01. The number of fused-ring (bicyclic) bond motifs is 3. The van der Waals surface area contributed by atoms with Gasteiger partial charge in [0, 0.05) is 4.88 Å². The Balaban J connectivity index is 2.12. The fraction of sp³-hybridized carbons (Fsp3) is 0.583. The first-order valence-corrected chi connectivity index (χ1v) is 6.40. The smallest absolute Gasteiger partial charge is 0.180 e. The van der Waals surface area contributed by atoms with Crippen molar-refractivity contribution in [3.63, 3.8) is 0 Å². The zero-order chi connectivity index (χ0) is 11.7. The number of rotatable bonds is 1. The van der Waals surface area contributed by atoms with Crippen molar-refractivity contribution in [1.82, 2.24) is 0 Å². The van der Waals surface area contributed by atoms with E-state index >= 15 is 0 Å². The van der Waals surface area contributed by atoms with E-state index in [9.17, 15) is 0 Å². The van der Waals surface area contributed by atoms with Crippen LogP contribution >= 0.6 is 11.3 Å². The van der Waals surface area contributed by atoms with E-state index in [1.54, 1.807) is 11.3 Å². The van der Waals surface area contributed by atoms with E-state index in [4.69, 9.17) is 10.9 Å². The molecule has 3 N–H and O–H groups in total. The minimum absolute atomic E-state index is 0.272. The highest BCUT2D eigenvalue weighted by molar-refractivity contribution is 7.14. The highest BCUT2D eigenvalue weighted by atomic mass is 32.1. The lowest BCUT2D eigenvalue weighted by Crippen LogP contribution is -2.14. The molecule has 0 bridgehead atoms. The minimum atomic E-state index is 0.272. The lowest BCUT2D eigenvalue weighted by atomic mass is 9.95. The zero-order valence-electron chi connectivity index (χ0n) is 9.74. The van der Waals surface area contributed by atoms with Gasteiger partial charge in [0.25, 0.3) is 0 Å². The van der Waals surface area contributed by atoms with Gasteiger partial charge in [0.05, 0.1) is 4.88 Å². The van der Waals surface area contributed by atoms with Crippen LogP contribution in [0.4, 0.5) is 0 Å². The molecule has 0 radical (unpaired) electrons. The summed E-state index contributed by atoms with van der Waals surface area (Å²) in [7, 11) is 0. The lowest BCUT2D eigenvalue weighted by Gasteiger charge is -2.09. The number of aryl methyl sites for hydroxylation is 1. The van der Waals surface area contributed by atoms with Crippen LogP contribution in [0.1, 0.15) is 40.6 Å². The van der Waals surface area contributed by atoms with E-state index in [0.717, 1.165) is 17.2 Å². The number of hydrogen-bond donors (Lipinski definition) is 2. The molecule has 0 aliphatic heterocycles. The Bertz CT molecular complexity index is 501. The van der Waals surface area contributed by atoms with Gasteiger partial charge >= 0.3 is 0 Å². The molecule has 0 amide bonds. The summed E-state index contributed by atoms with van der Waals surface area (Å²) in [5.74, 6) is 1.75. The maximum Gasteiger partial charge on any atom is 0.180 e. The van der Waals surface area contributed by atoms with Crippen LogP contribution in [0.5, 0.6) is 0 Å². The minimum Gasteiger partial charge on any atom is -0.409 e. The molecule has 2 aliphatic carbocycles. The molecule has 0 aromatic carbocycles. The van der Waals surface area contributed by atoms with Crippen molar-refractivity contribution in [2.24, 2.45) is 22.2 Å². The van der Waals surface area contributed by atoms with Crippen molar-refractivity contribution >= 4 is 17.2 Å². The summed E-state index contributed by atoms with van der Waals surface area (Å²) in [6, 6.07) is 0. The number of amidine groups is 1. The summed E-state index contributed by atoms with van der Waals surface area (Å²) in [4.78, 5) is 2.33. The molecule has 2 unspecified atom stereocenters. The summed E-state index contributed by atoms with van der Waals surface area (Å²) in [6.07, 6.45) is 1.10. The highest BCUT2D eigenvalue weighted by Gasteiger charge is 2.63. The predicted octanol–water partition coefficient (Wildman–Crippen LogP) is 2.45. The number of hydrogen-bond acceptors (Lipinski definition) is 3. The number of thiophene rings is 1. The van der Waals surface area contributed by atoms with Gasteiger partial charge in [-0.15, -0.1) is 11.3 Å². The summed E-state index contributed by atoms with van der Waals surface area (Å²) < 4.78 is 0. The first kappa shape index (κ1) is 10.1. The van der Waals surface area contributed by atoms with Crippen LogP contribution < -0.4 is 5.73 Å². The molecule has 0 spiro atoms. The van der Waals surface area contributed by atoms with Crippen LogP contribution in [0.3, 0.4) is 0 Å². The lowest BCUT2D eigenvalue weighted by molar-refractivity contribution is 0.318. The second-order valence-corrected chi connectivity index (χ2v) is 6.70. The molecular weight excluding hydrogens is 220 g/mol. The van der Waals surface area contributed by atoms with E-state index in [-0.39, 0.29) is 5.84 Å². The quantitative estimate of drug-likeness (QED) is 0.340. The normalized spacial score (nSPS) is 30.1. The Morgan fingerprint density at radius 3 is 2.88 bits per heavy atom. The van der Waals surface area contributed by atoms with Gasteiger partial charge in [0.2, 0.25) is 0 Å². The molecule has 1 fully saturated rings. The summed E-state index contributed by atoms with van der Waals surface area (Å²) in [6.45, 7) is 6.82. The van der Waals surface area contributed by atoms with Gasteiger partial charge in [-0.25, -0.2) is 0 Å². The second-order valence-electron chi connectivity index (χ2n) is 5.47. The molecule has 2 atom stereocenters. The molecule has 4 heteroatoms. The third-order valence-corrected chi connectivity index (χ3v) is 5.55. The van der Waals surface area contributed by atoms with Crippen molar-refractivity contribution in [3.05, 3.63) is 20.9 Å². The molecule has 2 aliphatic rings. The van der Waals surface area contributed by atoms with E-state index < -0.39 is 0 Å². The highest BCUT2D eigenvalue weighted by Crippen LogP contribution is 2.71.